The number of ether oxygens (including phenoxy) is 1. The number of halogens is 2. The van der Waals surface area contributed by atoms with Crippen molar-refractivity contribution in [2.75, 3.05) is 7.11 Å². The molecule has 2 atom stereocenters. The standard InChI is InChI=1S/C12H15Br2NO3/c1-18-7-4-6(8(13)9(14)12(7)17)10(15)11(16)5-2-3-5/h4-5,10-11,16-17H,2-3,15H2,1H3/t10-,11+/m1/s1. The third-order valence-electron chi connectivity index (χ3n) is 3.23. The van der Waals surface area contributed by atoms with Crippen molar-refractivity contribution in [1.29, 1.82) is 0 Å². The lowest BCUT2D eigenvalue weighted by atomic mass is 9.98. The van der Waals surface area contributed by atoms with Crippen LogP contribution in [0.1, 0.15) is 24.4 Å². The number of methoxy groups -OCH3 is 1. The Bertz CT molecular complexity index is 463. The van der Waals surface area contributed by atoms with Crippen molar-refractivity contribution in [3.05, 3.63) is 20.6 Å². The smallest absolute Gasteiger partial charge is 0.173 e. The van der Waals surface area contributed by atoms with Crippen molar-refractivity contribution in [1.82, 2.24) is 0 Å². The molecule has 0 aromatic heterocycles. The molecular weight excluding hydrogens is 366 g/mol. The topological polar surface area (TPSA) is 75.7 Å². The second-order valence-corrected chi connectivity index (χ2v) is 6.08. The van der Waals surface area contributed by atoms with Gasteiger partial charge in [0.25, 0.3) is 0 Å². The van der Waals surface area contributed by atoms with Gasteiger partial charge in [0.1, 0.15) is 0 Å². The monoisotopic (exact) mass is 379 g/mol. The molecule has 2 rings (SSSR count). The summed E-state index contributed by atoms with van der Waals surface area (Å²) in [5.41, 5.74) is 6.80. The van der Waals surface area contributed by atoms with E-state index in [4.69, 9.17) is 10.5 Å². The van der Waals surface area contributed by atoms with E-state index in [-0.39, 0.29) is 11.7 Å². The number of aliphatic hydroxyl groups is 1. The summed E-state index contributed by atoms with van der Waals surface area (Å²) < 4.78 is 6.22. The van der Waals surface area contributed by atoms with Crippen LogP contribution < -0.4 is 10.5 Å². The molecule has 1 saturated carbocycles. The first-order valence-electron chi connectivity index (χ1n) is 5.65. The molecule has 4 N–H and O–H groups in total. The second kappa shape index (κ2) is 5.36. The molecule has 0 amide bonds. The van der Waals surface area contributed by atoms with Crippen LogP contribution in [0.25, 0.3) is 0 Å². The number of hydrogen-bond acceptors (Lipinski definition) is 4. The summed E-state index contributed by atoms with van der Waals surface area (Å²) in [4.78, 5) is 0. The zero-order valence-electron chi connectivity index (χ0n) is 9.86. The minimum atomic E-state index is -0.567. The average Bonchev–Trinajstić information content (AvgIpc) is 3.19. The minimum absolute atomic E-state index is 0.0150. The van der Waals surface area contributed by atoms with Crippen LogP contribution >= 0.6 is 31.9 Å². The van der Waals surface area contributed by atoms with Crippen LogP contribution in [0.15, 0.2) is 15.0 Å². The highest BCUT2D eigenvalue weighted by Gasteiger charge is 2.35. The SMILES string of the molecule is COc1cc([C@@H](N)[C@@H](O)C2CC2)c(Br)c(Br)c1O. The zero-order valence-corrected chi connectivity index (χ0v) is 13.0. The van der Waals surface area contributed by atoms with Crippen LogP contribution in [0.3, 0.4) is 0 Å². The number of aliphatic hydroxyl groups excluding tert-OH is 1. The number of hydrogen-bond donors (Lipinski definition) is 3. The van der Waals surface area contributed by atoms with E-state index in [1.165, 1.54) is 7.11 Å². The summed E-state index contributed by atoms with van der Waals surface area (Å²) >= 11 is 6.66. The van der Waals surface area contributed by atoms with Crippen LogP contribution in [0.4, 0.5) is 0 Å². The molecule has 0 saturated heterocycles. The summed E-state index contributed by atoms with van der Waals surface area (Å²) in [5, 5.41) is 19.9. The summed E-state index contributed by atoms with van der Waals surface area (Å²) in [6.07, 6.45) is 1.47. The largest absolute Gasteiger partial charge is 0.503 e. The molecule has 0 aliphatic heterocycles. The molecule has 1 aromatic rings. The number of benzene rings is 1. The molecule has 18 heavy (non-hydrogen) atoms. The van der Waals surface area contributed by atoms with E-state index < -0.39 is 12.1 Å². The maximum absolute atomic E-state index is 10.1. The highest BCUT2D eigenvalue weighted by molar-refractivity contribution is 9.13. The summed E-state index contributed by atoms with van der Waals surface area (Å²) in [5.74, 6) is 0.630. The Hall–Kier alpha value is -0.300. The Balaban J connectivity index is 2.39. The predicted octanol–water partition coefficient (Wildman–Crippen LogP) is 2.70. The van der Waals surface area contributed by atoms with Crippen molar-refractivity contribution in [3.63, 3.8) is 0 Å². The van der Waals surface area contributed by atoms with E-state index in [1.807, 2.05) is 0 Å². The van der Waals surface area contributed by atoms with Gasteiger partial charge in [-0.1, -0.05) is 0 Å². The number of rotatable bonds is 4. The third kappa shape index (κ3) is 2.52. The molecule has 1 aliphatic rings. The Labute approximate surface area is 122 Å². The molecule has 6 heteroatoms. The third-order valence-corrected chi connectivity index (χ3v) is 5.38. The average molecular weight is 381 g/mol. The van der Waals surface area contributed by atoms with Crippen molar-refractivity contribution in [2.45, 2.75) is 25.0 Å². The molecule has 0 unspecified atom stereocenters. The number of phenols is 1. The molecule has 100 valence electrons. The molecule has 1 aliphatic carbocycles. The van der Waals surface area contributed by atoms with E-state index in [9.17, 15) is 10.2 Å². The lowest BCUT2D eigenvalue weighted by Crippen LogP contribution is -2.28. The van der Waals surface area contributed by atoms with Gasteiger partial charge in [-0.15, -0.1) is 0 Å². The molecule has 4 nitrogen and oxygen atoms in total. The minimum Gasteiger partial charge on any atom is -0.503 e. The van der Waals surface area contributed by atoms with Gasteiger partial charge in [-0.05, 0) is 62.2 Å². The van der Waals surface area contributed by atoms with Gasteiger partial charge in [0.05, 0.1) is 23.7 Å². The molecule has 0 radical (unpaired) electrons. The van der Waals surface area contributed by atoms with Crippen molar-refractivity contribution in [3.8, 4) is 11.5 Å². The highest BCUT2D eigenvalue weighted by Crippen LogP contribution is 2.45. The molecule has 0 heterocycles. The maximum Gasteiger partial charge on any atom is 0.173 e. The van der Waals surface area contributed by atoms with Crippen molar-refractivity contribution in [2.24, 2.45) is 11.7 Å². The first kappa shape index (κ1) is 14.1. The maximum atomic E-state index is 10.1. The summed E-state index contributed by atoms with van der Waals surface area (Å²) in [7, 11) is 1.47. The second-order valence-electron chi connectivity index (χ2n) is 4.50. The molecular formula is C12H15Br2NO3. The van der Waals surface area contributed by atoms with E-state index >= 15 is 0 Å². The highest BCUT2D eigenvalue weighted by atomic mass is 79.9. The summed E-state index contributed by atoms with van der Waals surface area (Å²) in [6, 6.07) is 1.15. The van der Waals surface area contributed by atoms with Gasteiger partial charge in [-0.3, -0.25) is 0 Å². The van der Waals surface area contributed by atoms with Gasteiger partial charge in [0.2, 0.25) is 0 Å². The van der Waals surface area contributed by atoms with Gasteiger partial charge in [-0.25, -0.2) is 0 Å². The quantitative estimate of drug-likeness (QED) is 0.750. The van der Waals surface area contributed by atoms with Gasteiger partial charge in [0, 0.05) is 4.47 Å². The van der Waals surface area contributed by atoms with Gasteiger partial charge in [0.15, 0.2) is 11.5 Å². The molecule has 0 spiro atoms. The van der Waals surface area contributed by atoms with Crippen LogP contribution in [-0.2, 0) is 0 Å². The fourth-order valence-corrected chi connectivity index (χ4v) is 2.92. The van der Waals surface area contributed by atoms with E-state index in [0.29, 0.717) is 14.7 Å². The van der Waals surface area contributed by atoms with Crippen molar-refractivity contribution >= 4 is 31.9 Å². The molecule has 0 bridgehead atoms. The van der Waals surface area contributed by atoms with Gasteiger partial charge < -0.3 is 20.7 Å². The number of aromatic hydroxyl groups is 1. The first-order chi connectivity index (χ1) is 8.47. The normalized spacial score (nSPS) is 18.5. The van der Waals surface area contributed by atoms with E-state index in [0.717, 1.165) is 18.4 Å². The fourth-order valence-electron chi connectivity index (χ4n) is 1.92. The van der Waals surface area contributed by atoms with Crippen LogP contribution in [0.5, 0.6) is 11.5 Å². The molecule has 1 fully saturated rings. The fraction of sp³-hybridized carbons (Fsp3) is 0.500. The zero-order chi connectivity index (χ0) is 13.4. The van der Waals surface area contributed by atoms with Crippen molar-refractivity contribution < 1.29 is 14.9 Å². The van der Waals surface area contributed by atoms with Crippen LogP contribution in [0.2, 0.25) is 0 Å². The van der Waals surface area contributed by atoms with Crippen LogP contribution in [-0.4, -0.2) is 23.4 Å². The van der Waals surface area contributed by atoms with E-state index in [1.54, 1.807) is 6.07 Å². The predicted molar refractivity (Wildman–Crippen MR) is 75.7 cm³/mol. The Morgan fingerprint density at radius 3 is 2.50 bits per heavy atom. The lowest BCUT2D eigenvalue weighted by Gasteiger charge is -2.22. The van der Waals surface area contributed by atoms with Gasteiger partial charge >= 0.3 is 0 Å². The molecule has 1 aromatic carbocycles. The summed E-state index contributed by atoms with van der Waals surface area (Å²) in [6.45, 7) is 0. The first-order valence-corrected chi connectivity index (χ1v) is 7.24. The number of nitrogens with two attached hydrogens (primary N) is 1. The Morgan fingerprint density at radius 1 is 1.39 bits per heavy atom. The van der Waals surface area contributed by atoms with E-state index in [2.05, 4.69) is 31.9 Å². The lowest BCUT2D eigenvalue weighted by molar-refractivity contribution is 0.122. The van der Waals surface area contributed by atoms with Crippen LogP contribution in [0, 0.1) is 5.92 Å². The Morgan fingerprint density at radius 2 is 2.00 bits per heavy atom. The van der Waals surface area contributed by atoms with Gasteiger partial charge in [-0.2, -0.15) is 0 Å². The number of phenolic OH excluding ortho intramolecular Hbond substituents is 1. The Kier molecular flexibility index (Phi) is 4.21.